The van der Waals surface area contributed by atoms with E-state index in [1.165, 1.54) is 30.6 Å². The lowest BCUT2D eigenvalue weighted by Gasteiger charge is -2.18. The summed E-state index contributed by atoms with van der Waals surface area (Å²) in [6.07, 6.45) is 4.99. The Morgan fingerprint density at radius 3 is 2.77 bits per heavy atom. The van der Waals surface area contributed by atoms with Crippen molar-refractivity contribution < 1.29 is 0 Å². The lowest BCUT2D eigenvalue weighted by Crippen LogP contribution is -2.39. The average Bonchev–Trinajstić information content (AvgIpc) is 3.28. The monoisotopic (exact) mass is 376 g/mol. The van der Waals surface area contributed by atoms with Crippen molar-refractivity contribution >= 4 is 17.3 Å². The molecule has 0 aliphatic heterocycles. The van der Waals surface area contributed by atoms with Crippen LogP contribution in [0.2, 0.25) is 0 Å². The van der Waals surface area contributed by atoms with Crippen LogP contribution in [0.25, 0.3) is 0 Å². The van der Waals surface area contributed by atoms with Crippen molar-refractivity contribution in [3.05, 3.63) is 34.0 Å². The first-order valence-electron chi connectivity index (χ1n) is 9.53. The van der Waals surface area contributed by atoms with Gasteiger partial charge in [0.15, 0.2) is 11.8 Å². The Labute approximate surface area is 161 Å². The second kappa shape index (κ2) is 11.0. The molecule has 6 nitrogen and oxygen atoms in total. The number of thiophene rings is 1. The minimum absolute atomic E-state index is 0.517. The average molecular weight is 377 g/mol. The molecule has 1 unspecified atom stereocenters. The van der Waals surface area contributed by atoms with Gasteiger partial charge in [0, 0.05) is 18.5 Å². The number of rotatable bonds is 10. The van der Waals surface area contributed by atoms with Gasteiger partial charge in [0.1, 0.15) is 12.4 Å². The molecule has 0 aliphatic carbocycles. The molecule has 0 bridgehead atoms. The highest BCUT2D eigenvalue weighted by molar-refractivity contribution is 7.09. The van der Waals surface area contributed by atoms with Gasteiger partial charge in [-0.25, -0.2) is 4.99 Å². The smallest absolute Gasteiger partial charge is 0.192 e. The maximum Gasteiger partial charge on any atom is 0.192 e. The van der Waals surface area contributed by atoms with Gasteiger partial charge in [0.2, 0.25) is 0 Å². The summed E-state index contributed by atoms with van der Waals surface area (Å²) >= 11 is 1.75. The van der Waals surface area contributed by atoms with Crippen molar-refractivity contribution in [2.75, 3.05) is 6.54 Å². The minimum atomic E-state index is 0.517. The summed E-state index contributed by atoms with van der Waals surface area (Å²) in [5.74, 6) is 3.30. The number of aromatic nitrogens is 3. The summed E-state index contributed by atoms with van der Waals surface area (Å²) in [6, 6.07) is 4.21. The highest BCUT2D eigenvalue weighted by Gasteiger charge is 2.09. The van der Waals surface area contributed by atoms with Gasteiger partial charge in [0.05, 0.1) is 6.54 Å². The standard InChI is InChI=1S/C19H32N6S/c1-5-7-9-16(6-2)12-20-19(21-13-17-10-8-11-26-17)22-14-18-24-23-15(3)25(18)4/h8,10-11,16H,5-7,9,12-14H2,1-4H3,(H2,20,21,22). The predicted molar refractivity (Wildman–Crippen MR) is 109 cm³/mol. The van der Waals surface area contributed by atoms with Gasteiger partial charge in [0.25, 0.3) is 0 Å². The van der Waals surface area contributed by atoms with E-state index in [-0.39, 0.29) is 0 Å². The van der Waals surface area contributed by atoms with Gasteiger partial charge in [-0.15, -0.1) is 21.5 Å². The van der Waals surface area contributed by atoms with E-state index in [1.807, 2.05) is 18.5 Å². The number of aryl methyl sites for hydroxylation is 1. The van der Waals surface area contributed by atoms with Gasteiger partial charge in [-0.2, -0.15) is 0 Å². The molecule has 2 heterocycles. The molecule has 26 heavy (non-hydrogen) atoms. The Hall–Kier alpha value is -1.89. The van der Waals surface area contributed by atoms with Crippen molar-refractivity contribution in [1.82, 2.24) is 25.4 Å². The molecule has 0 saturated carbocycles. The van der Waals surface area contributed by atoms with E-state index in [4.69, 9.17) is 4.99 Å². The quantitative estimate of drug-likeness (QED) is 0.491. The van der Waals surface area contributed by atoms with E-state index in [2.05, 4.69) is 52.2 Å². The predicted octanol–water partition coefficient (Wildman–Crippen LogP) is 3.64. The van der Waals surface area contributed by atoms with E-state index >= 15 is 0 Å². The lowest BCUT2D eigenvalue weighted by molar-refractivity contribution is 0.443. The summed E-state index contributed by atoms with van der Waals surface area (Å²) < 4.78 is 1.98. The summed E-state index contributed by atoms with van der Waals surface area (Å²) in [7, 11) is 1.98. The summed E-state index contributed by atoms with van der Waals surface area (Å²) in [5, 5.41) is 17.4. The molecule has 0 spiro atoms. The summed E-state index contributed by atoms with van der Waals surface area (Å²) in [5.41, 5.74) is 0. The molecule has 0 amide bonds. The van der Waals surface area contributed by atoms with Crippen molar-refractivity contribution in [3.8, 4) is 0 Å². The van der Waals surface area contributed by atoms with E-state index < -0.39 is 0 Å². The van der Waals surface area contributed by atoms with E-state index in [1.54, 1.807) is 11.3 Å². The van der Waals surface area contributed by atoms with Crippen LogP contribution in [0.1, 0.15) is 56.1 Å². The fourth-order valence-corrected chi connectivity index (χ4v) is 3.33. The Morgan fingerprint density at radius 2 is 2.15 bits per heavy atom. The van der Waals surface area contributed by atoms with Crippen LogP contribution in [-0.2, 0) is 20.1 Å². The second-order valence-electron chi connectivity index (χ2n) is 6.62. The normalized spacial score (nSPS) is 13.0. The van der Waals surface area contributed by atoms with Crippen LogP contribution >= 0.6 is 11.3 Å². The molecular formula is C19H32N6S. The lowest BCUT2D eigenvalue weighted by atomic mass is 9.99. The molecule has 0 radical (unpaired) electrons. The van der Waals surface area contributed by atoms with Crippen molar-refractivity contribution in [2.24, 2.45) is 18.0 Å². The van der Waals surface area contributed by atoms with Gasteiger partial charge < -0.3 is 15.2 Å². The molecule has 2 rings (SSSR count). The van der Waals surface area contributed by atoms with Gasteiger partial charge in [-0.05, 0) is 30.7 Å². The zero-order chi connectivity index (χ0) is 18.8. The van der Waals surface area contributed by atoms with Crippen LogP contribution in [0.5, 0.6) is 0 Å². The molecule has 0 aliphatic rings. The first-order chi connectivity index (χ1) is 12.6. The zero-order valence-electron chi connectivity index (χ0n) is 16.5. The molecule has 0 fully saturated rings. The Kier molecular flexibility index (Phi) is 8.61. The second-order valence-corrected chi connectivity index (χ2v) is 7.65. The largest absolute Gasteiger partial charge is 0.356 e. The third-order valence-electron chi connectivity index (χ3n) is 4.67. The van der Waals surface area contributed by atoms with Crippen molar-refractivity contribution in [2.45, 2.75) is 59.5 Å². The molecule has 7 heteroatoms. The molecule has 2 aromatic heterocycles. The van der Waals surface area contributed by atoms with Gasteiger partial charge in [-0.3, -0.25) is 0 Å². The maximum absolute atomic E-state index is 4.73. The van der Waals surface area contributed by atoms with Crippen LogP contribution < -0.4 is 10.6 Å². The van der Waals surface area contributed by atoms with Crippen LogP contribution in [0.4, 0.5) is 0 Å². The number of aliphatic imine (C=N–C) groups is 1. The number of nitrogens with zero attached hydrogens (tertiary/aromatic N) is 4. The Morgan fingerprint density at radius 1 is 1.31 bits per heavy atom. The highest BCUT2D eigenvalue weighted by Crippen LogP contribution is 2.11. The molecule has 144 valence electrons. The molecular weight excluding hydrogens is 344 g/mol. The zero-order valence-corrected chi connectivity index (χ0v) is 17.3. The summed E-state index contributed by atoms with van der Waals surface area (Å²) in [6.45, 7) is 8.72. The van der Waals surface area contributed by atoms with Crippen molar-refractivity contribution in [1.29, 1.82) is 0 Å². The molecule has 2 N–H and O–H groups in total. The SMILES string of the molecule is CCCCC(CC)CNC(=NCc1nnc(C)n1C)NCc1cccs1. The fourth-order valence-electron chi connectivity index (χ4n) is 2.68. The first-order valence-corrected chi connectivity index (χ1v) is 10.4. The maximum atomic E-state index is 4.73. The van der Waals surface area contributed by atoms with Crippen LogP contribution in [0, 0.1) is 12.8 Å². The van der Waals surface area contributed by atoms with E-state index in [9.17, 15) is 0 Å². The van der Waals surface area contributed by atoms with Crippen LogP contribution in [-0.4, -0.2) is 27.3 Å². The molecule has 2 aromatic rings. The minimum Gasteiger partial charge on any atom is -0.356 e. The third-order valence-corrected chi connectivity index (χ3v) is 5.55. The third kappa shape index (κ3) is 6.44. The molecule has 1 atom stereocenters. The van der Waals surface area contributed by atoms with Crippen molar-refractivity contribution in [3.63, 3.8) is 0 Å². The fraction of sp³-hybridized carbons (Fsp3) is 0.632. The van der Waals surface area contributed by atoms with Gasteiger partial charge in [-0.1, -0.05) is 39.2 Å². The van der Waals surface area contributed by atoms with Crippen LogP contribution in [0.15, 0.2) is 22.5 Å². The summed E-state index contributed by atoms with van der Waals surface area (Å²) in [4.78, 5) is 6.03. The number of nitrogens with one attached hydrogen (secondary N) is 2. The Bertz CT molecular complexity index is 662. The van der Waals surface area contributed by atoms with Gasteiger partial charge >= 0.3 is 0 Å². The van der Waals surface area contributed by atoms with E-state index in [0.29, 0.717) is 12.5 Å². The van der Waals surface area contributed by atoms with E-state index in [0.717, 1.165) is 30.7 Å². The molecule has 0 aromatic carbocycles. The number of hydrogen-bond acceptors (Lipinski definition) is 4. The number of hydrogen-bond donors (Lipinski definition) is 2. The Balaban J connectivity index is 1.97. The van der Waals surface area contributed by atoms with Crippen LogP contribution in [0.3, 0.4) is 0 Å². The highest BCUT2D eigenvalue weighted by atomic mass is 32.1. The topological polar surface area (TPSA) is 67.1 Å². The number of unbranched alkanes of at least 4 members (excludes halogenated alkanes) is 1. The number of guanidine groups is 1. The molecule has 0 saturated heterocycles. The first kappa shape index (κ1) is 20.4.